The third kappa shape index (κ3) is 4.51. The van der Waals surface area contributed by atoms with Crippen LogP contribution in [0.1, 0.15) is 74.9 Å². The van der Waals surface area contributed by atoms with Crippen molar-refractivity contribution >= 4 is 53.9 Å². The highest BCUT2D eigenvalue weighted by Crippen LogP contribution is 2.57. The Balaban J connectivity index is 0.910. The molecule has 0 radical (unpaired) electrons. The lowest BCUT2D eigenvalue weighted by Crippen LogP contribution is -2.15. The molecule has 0 unspecified atom stereocenters. The van der Waals surface area contributed by atoms with Crippen LogP contribution < -0.4 is 0 Å². The topological polar surface area (TPSA) is 0 Å². The summed E-state index contributed by atoms with van der Waals surface area (Å²) in [5, 5.41) is 13.3. The Hall–Kier alpha value is -7.02. The molecule has 0 spiro atoms. The number of hydrogen-bond donors (Lipinski definition) is 0. The summed E-state index contributed by atoms with van der Waals surface area (Å²) in [5.41, 5.74) is 21.6. The van der Waals surface area contributed by atoms with E-state index in [9.17, 15) is 0 Å². The summed E-state index contributed by atoms with van der Waals surface area (Å²) in [7, 11) is 0. The van der Waals surface area contributed by atoms with E-state index in [-0.39, 0.29) is 16.2 Å². The molecular weight excluding hydrogens is 757 g/mol. The van der Waals surface area contributed by atoms with Crippen molar-refractivity contribution in [3.8, 4) is 55.6 Å². The predicted molar refractivity (Wildman–Crippen MR) is 269 cm³/mol. The molecular formula is C63H46. The van der Waals surface area contributed by atoms with E-state index in [2.05, 4.69) is 211 Å². The summed E-state index contributed by atoms with van der Waals surface area (Å²) in [5.74, 6) is 0. The van der Waals surface area contributed by atoms with E-state index in [1.165, 1.54) is 143 Å². The molecule has 0 saturated heterocycles. The molecule has 3 aliphatic carbocycles. The predicted octanol–water partition coefficient (Wildman–Crippen LogP) is 17.1. The van der Waals surface area contributed by atoms with Crippen LogP contribution in [0, 0.1) is 0 Å². The van der Waals surface area contributed by atoms with Crippen molar-refractivity contribution < 1.29 is 0 Å². The van der Waals surface area contributed by atoms with Crippen LogP contribution in [0.5, 0.6) is 0 Å². The van der Waals surface area contributed by atoms with Crippen molar-refractivity contribution in [2.24, 2.45) is 0 Å². The minimum Gasteiger partial charge on any atom is -0.0616 e. The molecule has 0 N–H and O–H groups in total. The second kappa shape index (κ2) is 11.7. The van der Waals surface area contributed by atoms with Gasteiger partial charge in [-0.1, -0.05) is 163 Å². The molecule has 0 aromatic heterocycles. The zero-order valence-corrected chi connectivity index (χ0v) is 36.7. The van der Waals surface area contributed by atoms with Gasteiger partial charge in [-0.3, -0.25) is 0 Å². The summed E-state index contributed by atoms with van der Waals surface area (Å²) in [6, 6.07) is 65.8. The Morgan fingerprint density at radius 3 is 1.33 bits per heavy atom. The smallest absolute Gasteiger partial charge is 0.0159 e. The molecule has 14 rings (SSSR count). The number of rotatable bonds is 2. The van der Waals surface area contributed by atoms with Gasteiger partial charge in [0.05, 0.1) is 0 Å². The largest absolute Gasteiger partial charge is 0.0616 e. The summed E-state index contributed by atoms with van der Waals surface area (Å²) >= 11 is 0. The molecule has 0 heterocycles. The van der Waals surface area contributed by atoms with Gasteiger partial charge >= 0.3 is 0 Å². The van der Waals surface area contributed by atoms with Crippen LogP contribution in [-0.2, 0) is 16.2 Å². The quantitative estimate of drug-likeness (QED) is 0.153. The molecule has 0 atom stereocenters. The van der Waals surface area contributed by atoms with Crippen LogP contribution in [0.3, 0.4) is 0 Å². The Bertz CT molecular complexity index is 3870. The Morgan fingerprint density at radius 1 is 0.254 bits per heavy atom. The second-order valence-electron chi connectivity index (χ2n) is 20.5. The highest BCUT2D eigenvalue weighted by molar-refractivity contribution is 6.28. The molecule has 0 aliphatic heterocycles. The first-order valence-electron chi connectivity index (χ1n) is 22.7. The lowest BCUT2D eigenvalue weighted by molar-refractivity contribution is 0.661. The van der Waals surface area contributed by atoms with Crippen LogP contribution in [-0.4, -0.2) is 0 Å². The van der Waals surface area contributed by atoms with E-state index in [1.54, 1.807) is 0 Å². The third-order valence-electron chi connectivity index (χ3n) is 16.1. The maximum atomic E-state index is 2.51. The molecule has 0 heteroatoms. The number of hydrogen-bond acceptors (Lipinski definition) is 0. The minimum absolute atomic E-state index is 0.0449. The summed E-state index contributed by atoms with van der Waals surface area (Å²) < 4.78 is 0. The van der Waals surface area contributed by atoms with Gasteiger partial charge in [0, 0.05) is 16.2 Å². The molecule has 3 aliphatic rings. The van der Waals surface area contributed by atoms with E-state index in [0.29, 0.717) is 0 Å². The summed E-state index contributed by atoms with van der Waals surface area (Å²) in [6.07, 6.45) is 0. The molecule has 63 heavy (non-hydrogen) atoms. The average Bonchev–Trinajstić information content (AvgIpc) is 3.76. The van der Waals surface area contributed by atoms with Crippen LogP contribution in [0.2, 0.25) is 0 Å². The van der Waals surface area contributed by atoms with Gasteiger partial charge < -0.3 is 0 Å². The first kappa shape index (κ1) is 35.6. The normalized spacial score (nSPS) is 15.8. The van der Waals surface area contributed by atoms with Gasteiger partial charge in [0.2, 0.25) is 0 Å². The fourth-order valence-electron chi connectivity index (χ4n) is 12.7. The van der Waals surface area contributed by atoms with E-state index >= 15 is 0 Å². The van der Waals surface area contributed by atoms with E-state index in [4.69, 9.17) is 0 Å². The number of fused-ring (bicyclic) bond motifs is 12. The van der Waals surface area contributed by atoms with Gasteiger partial charge in [0.25, 0.3) is 0 Å². The molecule has 0 fully saturated rings. The lowest BCUT2D eigenvalue weighted by Gasteiger charge is -2.24. The lowest BCUT2D eigenvalue weighted by atomic mass is 9.79. The summed E-state index contributed by atoms with van der Waals surface area (Å²) in [4.78, 5) is 0. The molecule has 0 amide bonds. The van der Waals surface area contributed by atoms with Crippen molar-refractivity contribution in [3.05, 3.63) is 203 Å². The van der Waals surface area contributed by atoms with Crippen molar-refractivity contribution in [1.82, 2.24) is 0 Å². The van der Waals surface area contributed by atoms with Gasteiger partial charge in [0.15, 0.2) is 0 Å². The fourth-order valence-corrected chi connectivity index (χ4v) is 12.7. The van der Waals surface area contributed by atoms with Gasteiger partial charge in [-0.15, -0.1) is 0 Å². The molecule has 0 bridgehead atoms. The maximum Gasteiger partial charge on any atom is 0.0159 e. The number of benzene rings is 11. The highest BCUT2D eigenvalue weighted by Gasteiger charge is 2.40. The first-order valence-corrected chi connectivity index (χ1v) is 22.7. The van der Waals surface area contributed by atoms with E-state index in [0.717, 1.165) is 0 Å². The van der Waals surface area contributed by atoms with Crippen molar-refractivity contribution in [1.29, 1.82) is 0 Å². The molecule has 0 nitrogen and oxygen atoms in total. The van der Waals surface area contributed by atoms with Crippen LogP contribution >= 0.6 is 0 Å². The molecule has 11 aromatic carbocycles. The zero-order chi connectivity index (χ0) is 42.3. The van der Waals surface area contributed by atoms with Crippen molar-refractivity contribution in [2.45, 2.75) is 57.8 Å². The highest BCUT2D eigenvalue weighted by atomic mass is 14.4. The van der Waals surface area contributed by atoms with Crippen molar-refractivity contribution in [2.75, 3.05) is 0 Å². The van der Waals surface area contributed by atoms with Crippen molar-refractivity contribution in [3.63, 3.8) is 0 Å². The average molecular weight is 803 g/mol. The van der Waals surface area contributed by atoms with E-state index < -0.39 is 0 Å². The van der Waals surface area contributed by atoms with Gasteiger partial charge in [-0.2, -0.15) is 0 Å². The minimum atomic E-state index is -0.152. The van der Waals surface area contributed by atoms with Crippen LogP contribution in [0.15, 0.2) is 170 Å². The van der Waals surface area contributed by atoms with Gasteiger partial charge in [0.1, 0.15) is 0 Å². The zero-order valence-electron chi connectivity index (χ0n) is 36.7. The summed E-state index contributed by atoms with van der Waals surface area (Å²) in [6.45, 7) is 14.4. The van der Waals surface area contributed by atoms with Crippen LogP contribution in [0.4, 0.5) is 0 Å². The first-order chi connectivity index (χ1) is 30.5. The van der Waals surface area contributed by atoms with E-state index in [1.807, 2.05) is 0 Å². The monoisotopic (exact) mass is 802 g/mol. The Labute approximate surface area is 368 Å². The SMILES string of the molecule is CC1(C)c2ccc(-c3ccc4c(c3)C(C)(C)c3cc5ccc6c(-c7ccc8c(c7)-c7cc9ccccc9cc7C8(C)C)ccc7ccc(c3-4)c5c76)cc2-c2cc3ccccc3cc21. The van der Waals surface area contributed by atoms with Gasteiger partial charge in [-0.05, 0) is 191 Å². The Kier molecular flexibility index (Phi) is 6.61. The molecule has 0 saturated carbocycles. The molecule has 11 aromatic rings. The fraction of sp³-hybridized carbons (Fsp3) is 0.143. The molecule has 298 valence electrons. The third-order valence-corrected chi connectivity index (χ3v) is 16.1. The van der Waals surface area contributed by atoms with Gasteiger partial charge in [-0.25, -0.2) is 0 Å². The maximum absolute atomic E-state index is 2.51. The van der Waals surface area contributed by atoms with Crippen LogP contribution in [0.25, 0.3) is 109 Å². The second-order valence-corrected chi connectivity index (χ2v) is 20.5. The standard InChI is InChI=1S/C63H46/c1-61(2)52-25-19-40(29-48(52)50-27-36-11-7-9-13-38(36)31-55(50)61)41-17-23-46-54(33-41)63(5,6)57-34-43-18-22-45-44(21-15-35-16-24-47(60(46)57)59(43)58(35)45)42-20-26-53-49(30-42)51-28-37-12-8-10-14-39(37)32-56(51)62(53,3)4/h7-34H,1-6H3. The Morgan fingerprint density at radius 2 is 0.683 bits per heavy atom.